The van der Waals surface area contributed by atoms with E-state index in [1.54, 1.807) is 12.1 Å². The van der Waals surface area contributed by atoms with Crippen LogP contribution in [0.3, 0.4) is 0 Å². The summed E-state index contributed by atoms with van der Waals surface area (Å²) in [6.07, 6.45) is 6.96. The van der Waals surface area contributed by atoms with Gasteiger partial charge in [0.15, 0.2) is 0 Å². The lowest BCUT2D eigenvalue weighted by Crippen LogP contribution is -2.42. The van der Waals surface area contributed by atoms with Gasteiger partial charge in [-0.3, -0.25) is 0 Å². The normalized spacial score (nSPS) is 20.4. The molecule has 4 rings (SSSR count). The maximum Gasteiger partial charge on any atom is 0.146 e. The largest absolute Gasteiger partial charge is 0.365 e. The lowest BCUT2D eigenvalue weighted by molar-refractivity contribution is 0.378. The minimum Gasteiger partial charge on any atom is -0.365 e. The van der Waals surface area contributed by atoms with Gasteiger partial charge < -0.3 is 10.2 Å². The first-order chi connectivity index (χ1) is 12.3. The Morgan fingerprint density at radius 1 is 0.960 bits per heavy atom. The van der Waals surface area contributed by atoms with Crippen LogP contribution < -0.4 is 10.2 Å². The molecule has 0 radical (unpaired) electrons. The zero-order valence-corrected chi connectivity index (χ0v) is 14.8. The molecule has 2 aromatic carbocycles. The molecule has 1 aliphatic carbocycles. The first-order valence-electron chi connectivity index (χ1n) is 9.62. The monoisotopic (exact) mass is 338 g/mol. The number of hydrogen-bond acceptors (Lipinski definition) is 2. The van der Waals surface area contributed by atoms with Crippen molar-refractivity contribution in [3.63, 3.8) is 0 Å². The Labute approximate surface area is 150 Å². The smallest absolute Gasteiger partial charge is 0.146 e. The van der Waals surface area contributed by atoms with E-state index in [4.69, 9.17) is 0 Å². The molecule has 1 fully saturated rings. The van der Waals surface area contributed by atoms with Crippen LogP contribution in [0.1, 0.15) is 36.8 Å². The maximum atomic E-state index is 14.5. The van der Waals surface area contributed by atoms with Crippen molar-refractivity contribution in [1.82, 2.24) is 5.32 Å². The second kappa shape index (κ2) is 7.57. The third-order valence-electron chi connectivity index (χ3n) is 5.76. The molecule has 1 heterocycles. The molecular weight excluding hydrogens is 311 g/mol. The number of hydrogen-bond donors (Lipinski definition) is 1. The van der Waals surface area contributed by atoms with Crippen molar-refractivity contribution in [2.45, 2.75) is 50.6 Å². The molecule has 3 heteroatoms. The molecule has 2 aromatic rings. The van der Waals surface area contributed by atoms with Crippen LogP contribution in [-0.2, 0) is 12.8 Å². The van der Waals surface area contributed by atoms with Crippen molar-refractivity contribution < 1.29 is 4.39 Å². The molecule has 0 aromatic heterocycles. The highest BCUT2D eigenvalue weighted by atomic mass is 19.1. The maximum absolute atomic E-state index is 14.5. The summed E-state index contributed by atoms with van der Waals surface area (Å²) in [7, 11) is 0. The summed E-state index contributed by atoms with van der Waals surface area (Å²) in [5.41, 5.74) is 3.60. The van der Waals surface area contributed by atoms with Gasteiger partial charge in [-0.05, 0) is 61.9 Å². The van der Waals surface area contributed by atoms with Gasteiger partial charge >= 0.3 is 0 Å². The van der Waals surface area contributed by atoms with Crippen LogP contribution in [0.2, 0.25) is 0 Å². The molecular formula is C22H27FN2. The predicted octanol–water partition coefficient (Wildman–Crippen LogP) is 4.33. The summed E-state index contributed by atoms with van der Waals surface area (Å²) in [5, 5.41) is 3.63. The van der Waals surface area contributed by atoms with Crippen LogP contribution in [-0.4, -0.2) is 25.2 Å². The fraction of sp³-hybridized carbons (Fsp3) is 0.455. The molecule has 1 N–H and O–H groups in total. The minimum atomic E-state index is -0.102. The average Bonchev–Trinajstić information content (AvgIpc) is 3.08. The van der Waals surface area contributed by atoms with E-state index in [0.717, 1.165) is 38.0 Å². The van der Waals surface area contributed by atoms with Gasteiger partial charge in [0, 0.05) is 18.6 Å². The fourth-order valence-electron chi connectivity index (χ4n) is 4.41. The van der Waals surface area contributed by atoms with Crippen LogP contribution >= 0.6 is 0 Å². The van der Waals surface area contributed by atoms with Crippen molar-refractivity contribution >= 4 is 5.69 Å². The lowest BCUT2D eigenvalue weighted by atomic mass is 10.0. The van der Waals surface area contributed by atoms with Crippen LogP contribution in [0.15, 0.2) is 48.5 Å². The number of benzene rings is 2. The van der Waals surface area contributed by atoms with Crippen LogP contribution in [0.4, 0.5) is 10.1 Å². The van der Waals surface area contributed by atoms with Crippen LogP contribution in [0.25, 0.3) is 0 Å². The van der Waals surface area contributed by atoms with E-state index in [9.17, 15) is 4.39 Å². The Kier molecular flexibility index (Phi) is 5.02. The predicted molar refractivity (Wildman–Crippen MR) is 102 cm³/mol. The highest BCUT2D eigenvalue weighted by molar-refractivity contribution is 5.51. The Balaban J connectivity index is 1.53. The Morgan fingerprint density at radius 3 is 2.36 bits per heavy atom. The summed E-state index contributed by atoms with van der Waals surface area (Å²) in [5.74, 6) is -0.102. The second-order valence-electron chi connectivity index (χ2n) is 7.41. The number of rotatable bonds is 5. The number of nitrogens with one attached hydrogen (secondary N) is 1. The van der Waals surface area contributed by atoms with Gasteiger partial charge in [-0.2, -0.15) is 0 Å². The van der Waals surface area contributed by atoms with Crippen molar-refractivity contribution in [3.8, 4) is 0 Å². The van der Waals surface area contributed by atoms with Crippen molar-refractivity contribution in [3.05, 3.63) is 65.5 Å². The molecule has 0 saturated carbocycles. The van der Waals surface area contributed by atoms with Crippen molar-refractivity contribution in [2.75, 3.05) is 18.0 Å². The van der Waals surface area contributed by atoms with Crippen LogP contribution in [0.5, 0.6) is 0 Å². The quantitative estimate of drug-likeness (QED) is 0.873. The molecule has 2 aliphatic rings. The lowest BCUT2D eigenvalue weighted by Gasteiger charge is -2.34. The molecule has 0 amide bonds. The standard InChI is InChI=1S/C22H27FN2/c23-21-10-3-4-11-22(21)25(14-12-19-9-5-6-13-24-19)20-15-17-7-1-2-8-18(17)16-20/h1-4,7-8,10-11,19-20,24H,5-6,9,12-16H2. The number of nitrogens with zero attached hydrogens (tertiary/aromatic N) is 1. The Morgan fingerprint density at radius 2 is 1.68 bits per heavy atom. The number of anilines is 1. The highest BCUT2D eigenvalue weighted by Gasteiger charge is 2.28. The zero-order valence-electron chi connectivity index (χ0n) is 14.8. The van der Waals surface area contributed by atoms with E-state index in [0.29, 0.717) is 12.1 Å². The topological polar surface area (TPSA) is 15.3 Å². The Hall–Kier alpha value is -1.87. The number of fused-ring (bicyclic) bond motifs is 1. The van der Waals surface area contributed by atoms with Gasteiger partial charge in [0.25, 0.3) is 0 Å². The summed E-state index contributed by atoms with van der Waals surface area (Å²) >= 11 is 0. The molecule has 132 valence electrons. The molecule has 1 atom stereocenters. The SMILES string of the molecule is Fc1ccccc1N(CCC1CCCCN1)C1Cc2ccccc2C1. The summed E-state index contributed by atoms with van der Waals surface area (Å²) in [4.78, 5) is 2.33. The average molecular weight is 338 g/mol. The molecule has 25 heavy (non-hydrogen) atoms. The molecule has 2 nitrogen and oxygen atoms in total. The summed E-state index contributed by atoms with van der Waals surface area (Å²) in [6, 6.07) is 16.9. The van der Waals surface area contributed by atoms with Gasteiger partial charge in [-0.25, -0.2) is 4.39 Å². The van der Waals surface area contributed by atoms with Crippen LogP contribution in [0, 0.1) is 5.82 Å². The molecule has 1 unspecified atom stereocenters. The number of piperidine rings is 1. The van der Waals surface area contributed by atoms with Gasteiger partial charge in [-0.15, -0.1) is 0 Å². The highest BCUT2D eigenvalue weighted by Crippen LogP contribution is 2.31. The zero-order chi connectivity index (χ0) is 17.1. The summed E-state index contributed by atoms with van der Waals surface area (Å²) < 4.78 is 14.5. The van der Waals surface area contributed by atoms with Gasteiger partial charge in [-0.1, -0.05) is 42.8 Å². The van der Waals surface area contributed by atoms with E-state index in [1.165, 1.54) is 30.4 Å². The molecule has 1 aliphatic heterocycles. The van der Waals surface area contributed by atoms with Crippen molar-refractivity contribution in [1.29, 1.82) is 0 Å². The van der Waals surface area contributed by atoms with E-state index < -0.39 is 0 Å². The van der Waals surface area contributed by atoms with E-state index in [1.807, 2.05) is 12.1 Å². The van der Waals surface area contributed by atoms with Crippen molar-refractivity contribution in [2.24, 2.45) is 0 Å². The van der Waals surface area contributed by atoms with Gasteiger partial charge in [0.2, 0.25) is 0 Å². The van der Waals surface area contributed by atoms with E-state index in [2.05, 4.69) is 34.5 Å². The number of para-hydroxylation sites is 1. The second-order valence-corrected chi connectivity index (χ2v) is 7.41. The molecule has 0 bridgehead atoms. The first kappa shape index (κ1) is 16.6. The molecule has 0 spiro atoms. The van der Waals surface area contributed by atoms with Gasteiger partial charge in [0.1, 0.15) is 5.82 Å². The van der Waals surface area contributed by atoms with E-state index >= 15 is 0 Å². The molecule has 1 saturated heterocycles. The minimum absolute atomic E-state index is 0.102. The number of halogens is 1. The third kappa shape index (κ3) is 3.72. The third-order valence-corrected chi connectivity index (χ3v) is 5.76. The Bertz CT molecular complexity index is 684. The van der Waals surface area contributed by atoms with E-state index in [-0.39, 0.29) is 5.82 Å². The van der Waals surface area contributed by atoms with Gasteiger partial charge in [0.05, 0.1) is 5.69 Å². The fourth-order valence-corrected chi connectivity index (χ4v) is 4.41. The summed E-state index contributed by atoms with van der Waals surface area (Å²) in [6.45, 7) is 2.04. The first-order valence-corrected chi connectivity index (χ1v) is 9.62.